The molecule has 2 fully saturated rings. The van der Waals surface area contributed by atoms with Gasteiger partial charge in [0.2, 0.25) is 5.91 Å². The van der Waals surface area contributed by atoms with Crippen molar-refractivity contribution in [1.29, 1.82) is 0 Å². The molecule has 2 rings (SSSR count). The number of hydrogen-bond donors (Lipinski definition) is 1. The van der Waals surface area contributed by atoms with Crippen LogP contribution < -0.4 is 0 Å². The van der Waals surface area contributed by atoms with E-state index in [1.54, 1.807) is 0 Å². The Morgan fingerprint density at radius 1 is 1.31 bits per heavy atom. The number of aliphatic carboxylic acids is 1. The molecular formula is C12H19NO3. The molecule has 4 heteroatoms. The molecule has 2 aliphatic rings. The summed E-state index contributed by atoms with van der Waals surface area (Å²) in [5, 5.41) is 8.66. The van der Waals surface area contributed by atoms with E-state index >= 15 is 0 Å². The lowest BCUT2D eigenvalue weighted by Crippen LogP contribution is -2.43. The minimum Gasteiger partial charge on any atom is -0.481 e. The van der Waals surface area contributed by atoms with Gasteiger partial charge in [-0.25, -0.2) is 0 Å². The molecule has 0 aromatic rings. The Balaban J connectivity index is 1.86. The van der Waals surface area contributed by atoms with Gasteiger partial charge < -0.3 is 10.0 Å². The van der Waals surface area contributed by atoms with E-state index in [9.17, 15) is 9.59 Å². The third kappa shape index (κ3) is 2.54. The second-order valence-electron chi connectivity index (χ2n) is 5.18. The van der Waals surface area contributed by atoms with Crippen LogP contribution >= 0.6 is 0 Å². The molecule has 1 amide bonds. The van der Waals surface area contributed by atoms with Gasteiger partial charge in [0.25, 0.3) is 0 Å². The van der Waals surface area contributed by atoms with Gasteiger partial charge in [0.05, 0.1) is 6.42 Å². The molecule has 2 saturated carbocycles. The van der Waals surface area contributed by atoms with Crippen molar-refractivity contribution in [2.45, 2.75) is 45.1 Å². The molecule has 0 bridgehead atoms. The highest BCUT2D eigenvalue weighted by molar-refractivity contribution is 5.81. The van der Waals surface area contributed by atoms with Gasteiger partial charge in [0, 0.05) is 18.5 Å². The minimum absolute atomic E-state index is 0.0739. The Morgan fingerprint density at radius 3 is 2.38 bits per heavy atom. The number of carboxylic acid groups (broad SMARTS) is 1. The summed E-state index contributed by atoms with van der Waals surface area (Å²) in [4.78, 5) is 24.4. The normalized spacial score (nSPS) is 28.3. The first-order valence-corrected chi connectivity index (χ1v) is 6.10. The molecule has 4 nitrogen and oxygen atoms in total. The predicted octanol–water partition coefficient (Wildman–Crippen LogP) is 1.50. The lowest BCUT2D eigenvalue weighted by Gasteiger charge is -2.35. The van der Waals surface area contributed by atoms with Crippen LogP contribution in [0.5, 0.6) is 0 Å². The van der Waals surface area contributed by atoms with E-state index in [4.69, 9.17) is 5.11 Å². The highest BCUT2D eigenvalue weighted by atomic mass is 16.4. The maximum absolute atomic E-state index is 12.1. The quantitative estimate of drug-likeness (QED) is 0.771. The van der Waals surface area contributed by atoms with Crippen molar-refractivity contribution in [3.05, 3.63) is 0 Å². The molecule has 0 saturated heterocycles. The zero-order chi connectivity index (χ0) is 11.7. The topological polar surface area (TPSA) is 57.6 Å². The molecule has 0 heterocycles. The molecule has 16 heavy (non-hydrogen) atoms. The van der Waals surface area contributed by atoms with Crippen molar-refractivity contribution in [2.75, 3.05) is 6.54 Å². The van der Waals surface area contributed by atoms with Crippen LogP contribution in [0.15, 0.2) is 0 Å². The largest absolute Gasteiger partial charge is 0.481 e. The molecular weight excluding hydrogens is 206 g/mol. The van der Waals surface area contributed by atoms with E-state index in [-0.39, 0.29) is 18.2 Å². The van der Waals surface area contributed by atoms with Gasteiger partial charge in [-0.3, -0.25) is 9.59 Å². The highest BCUT2D eigenvalue weighted by Crippen LogP contribution is 2.37. The maximum Gasteiger partial charge on any atom is 0.305 e. The molecule has 0 spiro atoms. The van der Waals surface area contributed by atoms with Crippen molar-refractivity contribution in [1.82, 2.24) is 4.90 Å². The Hall–Kier alpha value is -1.06. The number of carbonyl (C=O) groups excluding carboxylic acids is 1. The van der Waals surface area contributed by atoms with Gasteiger partial charge in [-0.15, -0.1) is 0 Å². The summed E-state index contributed by atoms with van der Waals surface area (Å²) in [6, 6.07) is 0.336. The van der Waals surface area contributed by atoms with E-state index in [0.29, 0.717) is 18.5 Å². The third-order valence-electron chi connectivity index (χ3n) is 3.56. The standard InChI is InChI=1S/C12H19NO3/c1-8-6-9(7-8)12(16)13(10-2-3-10)5-4-11(14)15/h8-10H,2-7H2,1H3,(H,14,15). The lowest BCUT2D eigenvalue weighted by atomic mass is 9.75. The first kappa shape index (κ1) is 11.4. The first-order chi connectivity index (χ1) is 7.58. The number of rotatable bonds is 5. The van der Waals surface area contributed by atoms with Gasteiger partial charge in [0.15, 0.2) is 0 Å². The average molecular weight is 225 g/mol. The summed E-state index contributed by atoms with van der Waals surface area (Å²) in [7, 11) is 0. The summed E-state index contributed by atoms with van der Waals surface area (Å²) in [6.45, 7) is 2.55. The molecule has 0 aromatic carbocycles. The predicted molar refractivity (Wildman–Crippen MR) is 58.9 cm³/mol. The number of carbonyl (C=O) groups is 2. The molecule has 90 valence electrons. The van der Waals surface area contributed by atoms with E-state index in [0.717, 1.165) is 25.7 Å². The van der Waals surface area contributed by atoms with Crippen LogP contribution in [0.4, 0.5) is 0 Å². The van der Waals surface area contributed by atoms with Crippen LogP contribution in [0.3, 0.4) is 0 Å². The zero-order valence-corrected chi connectivity index (χ0v) is 9.69. The minimum atomic E-state index is -0.819. The summed E-state index contributed by atoms with van der Waals surface area (Å²) < 4.78 is 0. The smallest absolute Gasteiger partial charge is 0.305 e. The summed E-state index contributed by atoms with van der Waals surface area (Å²) in [6.07, 6.45) is 4.13. The van der Waals surface area contributed by atoms with Crippen molar-refractivity contribution in [3.63, 3.8) is 0 Å². The molecule has 0 unspecified atom stereocenters. The average Bonchev–Trinajstić information content (AvgIpc) is 2.96. The molecule has 0 aromatic heterocycles. The van der Waals surface area contributed by atoms with E-state index in [2.05, 4.69) is 6.92 Å². The van der Waals surface area contributed by atoms with Crippen LogP contribution in [0.2, 0.25) is 0 Å². The Kier molecular flexibility index (Phi) is 3.17. The second kappa shape index (κ2) is 4.44. The third-order valence-corrected chi connectivity index (χ3v) is 3.56. The van der Waals surface area contributed by atoms with Crippen molar-refractivity contribution < 1.29 is 14.7 Å². The Bertz CT molecular complexity index is 293. The van der Waals surface area contributed by atoms with E-state index < -0.39 is 5.97 Å². The fourth-order valence-electron chi connectivity index (χ4n) is 2.41. The van der Waals surface area contributed by atoms with Crippen LogP contribution in [-0.2, 0) is 9.59 Å². The van der Waals surface area contributed by atoms with Gasteiger partial charge in [-0.05, 0) is 31.6 Å². The Labute approximate surface area is 95.6 Å². The fraction of sp³-hybridized carbons (Fsp3) is 0.833. The Morgan fingerprint density at radius 2 is 1.94 bits per heavy atom. The van der Waals surface area contributed by atoms with Crippen molar-refractivity contribution in [3.8, 4) is 0 Å². The molecule has 2 aliphatic carbocycles. The highest BCUT2D eigenvalue weighted by Gasteiger charge is 2.39. The van der Waals surface area contributed by atoms with E-state index in [1.807, 2.05) is 4.90 Å². The molecule has 0 aliphatic heterocycles. The second-order valence-corrected chi connectivity index (χ2v) is 5.18. The van der Waals surface area contributed by atoms with Crippen molar-refractivity contribution in [2.24, 2.45) is 11.8 Å². The SMILES string of the molecule is CC1CC(C(=O)N(CCC(=O)O)C2CC2)C1. The number of carboxylic acids is 1. The maximum atomic E-state index is 12.1. The molecule has 1 N–H and O–H groups in total. The monoisotopic (exact) mass is 225 g/mol. The number of nitrogens with zero attached hydrogens (tertiary/aromatic N) is 1. The van der Waals surface area contributed by atoms with Crippen LogP contribution in [0, 0.1) is 11.8 Å². The summed E-state index contributed by atoms with van der Waals surface area (Å²) >= 11 is 0. The van der Waals surface area contributed by atoms with Gasteiger partial charge >= 0.3 is 5.97 Å². The van der Waals surface area contributed by atoms with E-state index in [1.165, 1.54) is 0 Å². The van der Waals surface area contributed by atoms with Crippen LogP contribution in [-0.4, -0.2) is 34.5 Å². The van der Waals surface area contributed by atoms with Gasteiger partial charge in [0.1, 0.15) is 0 Å². The van der Waals surface area contributed by atoms with Gasteiger partial charge in [-0.2, -0.15) is 0 Å². The number of amides is 1. The zero-order valence-electron chi connectivity index (χ0n) is 9.69. The summed E-state index contributed by atoms with van der Waals surface area (Å²) in [5.74, 6) is 0.209. The van der Waals surface area contributed by atoms with Crippen LogP contribution in [0.25, 0.3) is 0 Å². The fourth-order valence-corrected chi connectivity index (χ4v) is 2.41. The summed E-state index contributed by atoms with van der Waals surface area (Å²) in [5.41, 5.74) is 0. The van der Waals surface area contributed by atoms with Crippen molar-refractivity contribution >= 4 is 11.9 Å². The first-order valence-electron chi connectivity index (χ1n) is 6.10. The number of hydrogen-bond acceptors (Lipinski definition) is 2. The lowest BCUT2D eigenvalue weighted by molar-refractivity contribution is -0.142. The molecule has 0 atom stereocenters. The molecule has 0 radical (unpaired) electrons. The van der Waals surface area contributed by atoms with Gasteiger partial charge in [-0.1, -0.05) is 6.92 Å². The van der Waals surface area contributed by atoms with Crippen LogP contribution in [0.1, 0.15) is 39.0 Å².